The van der Waals surface area contributed by atoms with Gasteiger partial charge in [-0.2, -0.15) is 0 Å². The molecule has 1 atom stereocenters. The molecule has 2 rings (SSSR count). The second-order valence-corrected chi connectivity index (χ2v) is 4.44. The van der Waals surface area contributed by atoms with Crippen LogP contribution in [0.2, 0.25) is 5.02 Å². The third kappa shape index (κ3) is 2.85. The summed E-state index contributed by atoms with van der Waals surface area (Å²) in [6.45, 7) is 0. The molecular weight excluding hydrogens is 272 g/mol. The van der Waals surface area contributed by atoms with Crippen molar-refractivity contribution >= 4 is 11.6 Å². The van der Waals surface area contributed by atoms with Crippen LogP contribution in [0.4, 0.5) is 8.78 Å². The first-order valence-corrected chi connectivity index (χ1v) is 5.94. The van der Waals surface area contributed by atoms with E-state index in [-0.39, 0.29) is 5.56 Å². The topological polar surface area (TPSA) is 35.2 Å². The largest absolute Gasteiger partial charge is 0.497 e. The lowest BCUT2D eigenvalue weighted by molar-refractivity contribution is 0.414. The normalized spacial score (nSPS) is 12.3. The SMILES string of the molecule is COc1ccc(C(N)c2ccc(F)cc2F)c(Cl)c1. The number of ether oxygens (including phenoxy) is 1. The molecule has 0 saturated carbocycles. The van der Waals surface area contributed by atoms with E-state index in [1.807, 2.05) is 0 Å². The Balaban J connectivity index is 2.41. The van der Waals surface area contributed by atoms with Crippen LogP contribution in [0, 0.1) is 11.6 Å². The fourth-order valence-corrected chi connectivity index (χ4v) is 2.10. The van der Waals surface area contributed by atoms with Crippen molar-refractivity contribution in [1.29, 1.82) is 0 Å². The summed E-state index contributed by atoms with van der Waals surface area (Å²) in [5, 5.41) is 0.371. The van der Waals surface area contributed by atoms with Crippen LogP contribution in [0.3, 0.4) is 0 Å². The van der Waals surface area contributed by atoms with Crippen molar-refractivity contribution in [3.05, 3.63) is 64.2 Å². The molecule has 0 aliphatic carbocycles. The zero-order valence-electron chi connectivity index (χ0n) is 10.2. The van der Waals surface area contributed by atoms with Gasteiger partial charge in [0.1, 0.15) is 17.4 Å². The Kier molecular flexibility index (Phi) is 4.02. The molecule has 1 unspecified atom stereocenters. The maximum Gasteiger partial charge on any atom is 0.131 e. The molecule has 0 aromatic heterocycles. The van der Waals surface area contributed by atoms with Crippen molar-refractivity contribution in [3.8, 4) is 5.75 Å². The van der Waals surface area contributed by atoms with Crippen molar-refractivity contribution in [2.45, 2.75) is 6.04 Å². The van der Waals surface area contributed by atoms with E-state index in [2.05, 4.69) is 0 Å². The highest BCUT2D eigenvalue weighted by molar-refractivity contribution is 6.31. The molecule has 2 nitrogen and oxygen atoms in total. The van der Waals surface area contributed by atoms with E-state index >= 15 is 0 Å². The first-order valence-electron chi connectivity index (χ1n) is 5.57. The molecule has 0 aliphatic rings. The van der Waals surface area contributed by atoms with Crippen LogP contribution in [0.1, 0.15) is 17.2 Å². The number of hydrogen-bond donors (Lipinski definition) is 1. The van der Waals surface area contributed by atoms with E-state index in [0.29, 0.717) is 16.3 Å². The second-order valence-electron chi connectivity index (χ2n) is 4.03. The first-order chi connectivity index (χ1) is 9.02. The quantitative estimate of drug-likeness (QED) is 0.933. The van der Waals surface area contributed by atoms with E-state index in [4.69, 9.17) is 22.1 Å². The molecule has 0 amide bonds. The van der Waals surface area contributed by atoms with E-state index in [1.165, 1.54) is 13.2 Å². The third-order valence-corrected chi connectivity index (χ3v) is 3.17. The minimum Gasteiger partial charge on any atom is -0.497 e. The minimum absolute atomic E-state index is 0.188. The smallest absolute Gasteiger partial charge is 0.131 e. The fourth-order valence-electron chi connectivity index (χ4n) is 1.81. The van der Waals surface area contributed by atoms with Gasteiger partial charge in [-0.3, -0.25) is 0 Å². The second kappa shape index (κ2) is 5.55. The third-order valence-electron chi connectivity index (χ3n) is 2.84. The Bertz CT molecular complexity index is 604. The lowest BCUT2D eigenvalue weighted by atomic mass is 9.99. The summed E-state index contributed by atoms with van der Waals surface area (Å²) < 4.78 is 31.6. The zero-order chi connectivity index (χ0) is 14.0. The van der Waals surface area contributed by atoms with Crippen LogP contribution in [-0.4, -0.2) is 7.11 Å². The molecule has 2 aromatic carbocycles. The molecule has 0 heterocycles. The van der Waals surface area contributed by atoms with Gasteiger partial charge in [-0.25, -0.2) is 8.78 Å². The maximum atomic E-state index is 13.7. The van der Waals surface area contributed by atoms with Gasteiger partial charge >= 0.3 is 0 Å². The monoisotopic (exact) mass is 283 g/mol. The number of benzene rings is 2. The van der Waals surface area contributed by atoms with Gasteiger partial charge in [-0.1, -0.05) is 23.7 Å². The summed E-state index contributed by atoms with van der Waals surface area (Å²) in [4.78, 5) is 0. The Labute approximate surface area is 114 Å². The maximum absolute atomic E-state index is 13.7. The van der Waals surface area contributed by atoms with Crippen LogP contribution in [0.5, 0.6) is 5.75 Å². The molecule has 5 heteroatoms. The molecule has 2 N–H and O–H groups in total. The van der Waals surface area contributed by atoms with Gasteiger partial charge in [0.15, 0.2) is 0 Å². The summed E-state index contributed by atoms with van der Waals surface area (Å²) >= 11 is 6.08. The lowest BCUT2D eigenvalue weighted by Gasteiger charge is -2.15. The highest BCUT2D eigenvalue weighted by atomic mass is 35.5. The van der Waals surface area contributed by atoms with Crippen molar-refractivity contribution < 1.29 is 13.5 Å². The molecule has 100 valence electrons. The van der Waals surface area contributed by atoms with Crippen molar-refractivity contribution in [2.75, 3.05) is 7.11 Å². The van der Waals surface area contributed by atoms with Crippen LogP contribution < -0.4 is 10.5 Å². The molecule has 0 saturated heterocycles. The van der Waals surface area contributed by atoms with Crippen molar-refractivity contribution in [1.82, 2.24) is 0 Å². The molecule has 0 fully saturated rings. The average Bonchev–Trinajstić information content (AvgIpc) is 2.37. The zero-order valence-corrected chi connectivity index (χ0v) is 10.9. The Morgan fingerprint density at radius 1 is 1.11 bits per heavy atom. The summed E-state index contributed by atoms with van der Waals surface area (Å²) in [6.07, 6.45) is 0. The van der Waals surface area contributed by atoms with Gasteiger partial charge in [0.2, 0.25) is 0 Å². The van der Waals surface area contributed by atoms with Crippen LogP contribution >= 0.6 is 11.6 Å². The molecule has 0 spiro atoms. The summed E-state index contributed by atoms with van der Waals surface area (Å²) in [5.41, 5.74) is 6.71. The minimum atomic E-state index is -0.765. The van der Waals surface area contributed by atoms with Crippen LogP contribution in [0.15, 0.2) is 36.4 Å². The molecule has 0 aliphatic heterocycles. The van der Waals surface area contributed by atoms with Crippen molar-refractivity contribution in [2.24, 2.45) is 5.73 Å². The van der Waals surface area contributed by atoms with Gasteiger partial charge in [0.25, 0.3) is 0 Å². The van der Waals surface area contributed by atoms with Gasteiger partial charge in [0, 0.05) is 16.7 Å². The average molecular weight is 284 g/mol. The highest BCUT2D eigenvalue weighted by Gasteiger charge is 2.17. The Hall–Kier alpha value is -1.65. The van der Waals surface area contributed by atoms with Crippen molar-refractivity contribution in [3.63, 3.8) is 0 Å². The predicted molar refractivity (Wildman–Crippen MR) is 70.4 cm³/mol. The van der Waals surface area contributed by atoms with Gasteiger partial charge in [-0.15, -0.1) is 0 Å². The summed E-state index contributed by atoms with van der Waals surface area (Å²) in [7, 11) is 1.52. The highest BCUT2D eigenvalue weighted by Crippen LogP contribution is 2.30. The van der Waals surface area contributed by atoms with E-state index in [0.717, 1.165) is 12.1 Å². The number of nitrogens with two attached hydrogens (primary N) is 1. The number of rotatable bonds is 3. The number of hydrogen-bond acceptors (Lipinski definition) is 2. The lowest BCUT2D eigenvalue weighted by Crippen LogP contribution is -2.14. The molecule has 19 heavy (non-hydrogen) atoms. The van der Waals surface area contributed by atoms with E-state index in [9.17, 15) is 8.78 Å². The predicted octanol–water partition coefficient (Wildman–Crippen LogP) is 3.67. The molecular formula is C14H12ClF2NO. The Morgan fingerprint density at radius 3 is 2.37 bits per heavy atom. The molecule has 0 radical (unpaired) electrons. The molecule has 2 aromatic rings. The van der Waals surface area contributed by atoms with Crippen LogP contribution in [0.25, 0.3) is 0 Å². The number of halogens is 3. The number of methoxy groups -OCH3 is 1. The fraction of sp³-hybridized carbons (Fsp3) is 0.143. The standard InChI is InChI=1S/C14H12ClF2NO/c1-19-9-3-5-10(12(15)7-9)14(18)11-4-2-8(16)6-13(11)17/h2-7,14H,18H2,1H3. The van der Waals surface area contributed by atoms with Crippen LogP contribution in [-0.2, 0) is 0 Å². The van der Waals surface area contributed by atoms with Gasteiger partial charge < -0.3 is 10.5 Å². The Morgan fingerprint density at radius 2 is 1.79 bits per heavy atom. The van der Waals surface area contributed by atoms with Gasteiger partial charge in [0.05, 0.1) is 13.2 Å². The van der Waals surface area contributed by atoms with E-state index < -0.39 is 17.7 Å². The molecule has 0 bridgehead atoms. The van der Waals surface area contributed by atoms with Gasteiger partial charge in [-0.05, 0) is 23.8 Å². The van der Waals surface area contributed by atoms with E-state index in [1.54, 1.807) is 18.2 Å². The first kappa shape index (κ1) is 13.8. The summed E-state index contributed by atoms with van der Waals surface area (Å²) in [5.74, 6) is -0.755. The summed E-state index contributed by atoms with van der Waals surface area (Å²) in [6, 6.07) is 7.45.